The van der Waals surface area contributed by atoms with Gasteiger partial charge in [0.2, 0.25) is 0 Å². The van der Waals surface area contributed by atoms with Gasteiger partial charge in [0, 0.05) is 11.8 Å². The van der Waals surface area contributed by atoms with Gasteiger partial charge in [-0.25, -0.2) is 0 Å². The lowest BCUT2D eigenvalue weighted by molar-refractivity contribution is 0.713. The molecule has 1 N–H and O–H groups in total. The van der Waals surface area contributed by atoms with Crippen LogP contribution in [0.2, 0.25) is 0 Å². The van der Waals surface area contributed by atoms with Gasteiger partial charge < -0.3 is 5.32 Å². The fraction of sp³-hybridized carbons (Fsp3) is 1.00. The smallest absolute Gasteiger partial charge is 0.0141 e. The molecule has 2 heteroatoms. The fourth-order valence-corrected chi connectivity index (χ4v) is 0.715. The lowest BCUT2D eigenvalue weighted by Crippen LogP contribution is -2.21. The maximum Gasteiger partial charge on any atom is 0.0141 e. The Balaban J connectivity index is 2.86. The zero-order valence-corrected chi connectivity index (χ0v) is 6.72. The first-order valence-electron chi connectivity index (χ1n) is 3.04. The summed E-state index contributed by atoms with van der Waals surface area (Å²) in [6.07, 6.45) is 2.14. The summed E-state index contributed by atoms with van der Waals surface area (Å²) in [5, 5.41) is 4.04. The summed E-state index contributed by atoms with van der Waals surface area (Å²) in [6.45, 7) is 6.59. The number of thioether (sulfide) groups is 1. The third kappa shape index (κ3) is 4.47. The molecule has 0 saturated heterocycles. The van der Waals surface area contributed by atoms with Crippen LogP contribution >= 0.6 is 11.8 Å². The zero-order chi connectivity index (χ0) is 6.41. The largest absolute Gasteiger partial charge is 0.316 e. The van der Waals surface area contributed by atoms with Crippen molar-refractivity contribution in [3.8, 4) is 0 Å². The van der Waals surface area contributed by atoms with Gasteiger partial charge >= 0.3 is 0 Å². The predicted octanol–water partition coefficient (Wildman–Crippen LogP) is 1.35. The standard InChI is InChI=1S/C6H15NS/c1-4-7-5-6(2)8-3/h6-7H,4-5H2,1-3H3. The molecule has 0 radical (unpaired) electrons. The van der Waals surface area contributed by atoms with Crippen molar-refractivity contribution in [3.05, 3.63) is 0 Å². The van der Waals surface area contributed by atoms with Crippen molar-refractivity contribution >= 4 is 11.8 Å². The maximum absolute atomic E-state index is 3.28. The molecule has 0 spiro atoms. The SMILES string of the molecule is CCNCC(C)SC. The Morgan fingerprint density at radius 1 is 1.62 bits per heavy atom. The topological polar surface area (TPSA) is 12.0 Å². The van der Waals surface area contributed by atoms with E-state index in [1.807, 2.05) is 11.8 Å². The Morgan fingerprint density at radius 3 is 2.62 bits per heavy atom. The van der Waals surface area contributed by atoms with Gasteiger partial charge in [-0.05, 0) is 12.8 Å². The van der Waals surface area contributed by atoms with Crippen molar-refractivity contribution < 1.29 is 0 Å². The molecule has 1 atom stereocenters. The predicted molar refractivity (Wildman–Crippen MR) is 41.5 cm³/mol. The first-order valence-corrected chi connectivity index (χ1v) is 4.33. The van der Waals surface area contributed by atoms with Crippen LogP contribution in [0, 0.1) is 0 Å². The van der Waals surface area contributed by atoms with Crippen LogP contribution < -0.4 is 5.32 Å². The number of rotatable bonds is 4. The third-order valence-electron chi connectivity index (χ3n) is 1.08. The molecule has 0 bridgehead atoms. The van der Waals surface area contributed by atoms with Crippen molar-refractivity contribution in [2.75, 3.05) is 19.3 Å². The summed E-state index contributed by atoms with van der Waals surface area (Å²) < 4.78 is 0. The Kier molecular flexibility index (Phi) is 5.66. The highest BCUT2D eigenvalue weighted by Gasteiger charge is 1.94. The van der Waals surface area contributed by atoms with Gasteiger partial charge in [-0.1, -0.05) is 13.8 Å². The minimum Gasteiger partial charge on any atom is -0.316 e. The van der Waals surface area contributed by atoms with Crippen molar-refractivity contribution in [1.82, 2.24) is 5.32 Å². The lowest BCUT2D eigenvalue weighted by Gasteiger charge is -2.06. The minimum absolute atomic E-state index is 0.759. The van der Waals surface area contributed by atoms with Crippen LogP contribution in [0.1, 0.15) is 13.8 Å². The van der Waals surface area contributed by atoms with E-state index in [0.29, 0.717) is 0 Å². The van der Waals surface area contributed by atoms with Crippen LogP contribution in [0.4, 0.5) is 0 Å². The van der Waals surface area contributed by atoms with Crippen molar-refractivity contribution in [2.45, 2.75) is 19.1 Å². The van der Waals surface area contributed by atoms with Crippen LogP contribution in [0.15, 0.2) is 0 Å². The van der Waals surface area contributed by atoms with Gasteiger partial charge in [0.15, 0.2) is 0 Å². The van der Waals surface area contributed by atoms with Crippen molar-refractivity contribution in [3.63, 3.8) is 0 Å². The summed E-state index contributed by atoms with van der Waals surface area (Å²) in [5.41, 5.74) is 0. The fourth-order valence-electron chi connectivity index (χ4n) is 0.431. The molecule has 50 valence electrons. The summed E-state index contributed by atoms with van der Waals surface area (Å²) in [6, 6.07) is 0. The van der Waals surface area contributed by atoms with E-state index < -0.39 is 0 Å². The molecule has 0 aliphatic rings. The summed E-state index contributed by atoms with van der Waals surface area (Å²) in [5.74, 6) is 0. The second kappa shape index (κ2) is 5.45. The zero-order valence-electron chi connectivity index (χ0n) is 5.90. The van der Waals surface area contributed by atoms with E-state index in [0.717, 1.165) is 18.3 Å². The maximum atomic E-state index is 3.28. The molecule has 0 aliphatic heterocycles. The summed E-state index contributed by atoms with van der Waals surface area (Å²) in [4.78, 5) is 0. The second-order valence-corrected chi connectivity index (χ2v) is 3.13. The van der Waals surface area contributed by atoms with Crippen LogP contribution in [0.5, 0.6) is 0 Å². The van der Waals surface area contributed by atoms with Gasteiger partial charge in [0.05, 0.1) is 0 Å². The molecule has 1 nitrogen and oxygen atoms in total. The Bertz CT molecular complexity index is 47.8. The van der Waals surface area contributed by atoms with Crippen molar-refractivity contribution in [2.24, 2.45) is 0 Å². The van der Waals surface area contributed by atoms with Gasteiger partial charge in [-0.15, -0.1) is 0 Å². The third-order valence-corrected chi connectivity index (χ3v) is 2.06. The molecule has 0 aromatic rings. The highest BCUT2D eigenvalue weighted by atomic mass is 32.2. The minimum atomic E-state index is 0.759. The number of hydrogen-bond donors (Lipinski definition) is 1. The normalized spacial score (nSPS) is 13.9. The highest BCUT2D eigenvalue weighted by Crippen LogP contribution is 2.01. The van der Waals surface area contributed by atoms with Crippen LogP contribution in [0.3, 0.4) is 0 Å². The first-order chi connectivity index (χ1) is 3.81. The van der Waals surface area contributed by atoms with Crippen LogP contribution in [-0.2, 0) is 0 Å². The average Bonchev–Trinajstić information content (AvgIpc) is 1.83. The van der Waals surface area contributed by atoms with E-state index in [4.69, 9.17) is 0 Å². The van der Waals surface area contributed by atoms with E-state index in [9.17, 15) is 0 Å². The molecule has 0 amide bonds. The first kappa shape index (κ1) is 8.31. The van der Waals surface area contributed by atoms with Crippen LogP contribution in [-0.4, -0.2) is 24.6 Å². The highest BCUT2D eigenvalue weighted by molar-refractivity contribution is 7.99. The molecule has 0 aromatic carbocycles. The van der Waals surface area contributed by atoms with E-state index in [1.54, 1.807) is 0 Å². The monoisotopic (exact) mass is 133 g/mol. The van der Waals surface area contributed by atoms with E-state index in [2.05, 4.69) is 25.4 Å². The summed E-state index contributed by atoms with van der Waals surface area (Å²) >= 11 is 1.90. The molecule has 0 aliphatic carbocycles. The van der Waals surface area contributed by atoms with Crippen molar-refractivity contribution in [1.29, 1.82) is 0 Å². The second-order valence-electron chi connectivity index (χ2n) is 1.85. The molecule has 1 unspecified atom stereocenters. The number of hydrogen-bond acceptors (Lipinski definition) is 2. The van der Waals surface area contributed by atoms with E-state index in [1.165, 1.54) is 0 Å². The van der Waals surface area contributed by atoms with Gasteiger partial charge in [0.25, 0.3) is 0 Å². The molecule has 0 fully saturated rings. The number of nitrogens with one attached hydrogen (secondary N) is 1. The Morgan fingerprint density at radius 2 is 2.25 bits per heavy atom. The van der Waals surface area contributed by atoms with E-state index >= 15 is 0 Å². The quantitative estimate of drug-likeness (QED) is 0.621. The molecule has 0 heterocycles. The molecular formula is C6H15NS. The molecule has 0 saturated carbocycles. The van der Waals surface area contributed by atoms with Gasteiger partial charge in [-0.3, -0.25) is 0 Å². The van der Waals surface area contributed by atoms with Gasteiger partial charge in [0.1, 0.15) is 0 Å². The van der Waals surface area contributed by atoms with Crippen LogP contribution in [0.25, 0.3) is 0 Å². The van der Waals surface area contributed by atoms with E-state index in [-0.39, 0.29) is 0 Å². The van der Waals surface area contributed by atoms with Gasteiger partial charge in [-0.2, -0.15) is 11.8 Å². The Hall–Kier alpha value is 0.310. The lowest BCUT2D eigenvalue weighted by atomic mass is 10.5. The average molecular weight is 133 g/mol. The molecule has 0 rings (SSSR count). The molecule has 0 aromatic heterocycles. The molecule has 8 heavy (non-hydrogen) atoms. The molecular weight excluding hydrogens is 118 g/mol. The summed E-state index contributed by atoms with van der Waals surface area (Å²) in [7, 11) is 0. The Labute approximate surface area is 56.2 Å².